The lowest BCUT2D eigenvalue weighted by Crippen LogP contribution is -2.16. The molecule has 2 rings (SSSR count). The van der Waals surface area contributed by atoms with Crippen LogP contribution in [0.15, 0.2) is 28.3 Å². The maximum absolute atomic E-state index is 5.80. The molecule has 1 aromatic rings. The third-order valence-corrected chi connectivity index (χ3v) is 4.94. The van der Waals surface area contributed by atoms with Gasteiger partial charge in [-0.3, -0.25) is 0 Å². The van der Waals surface area contributed by atoms with Crippen molar-refractivity contribution in [2.45, 2.75) is 58.9 Å². The van der Waals surface area contributed by atoms with E-state index in [9.17, 15) is 0 Å². The SMILES string of the molecule is CCCOc1cc(Br)c(CNCCC2=CCCCC2)cc1OCC. The van der Waals surface area contributed by atoms with Gasteiger partial charge in [-0.1, -0.05) is 34.5 Å². The molecule has 1 aliphatic carbocycles. The summed E-state index contributed by atoms with van der Waals surface area (Å²) in [4.78, 5) is 0. The highest BCUT2D eigenvalue weighted by Crippen LogP contribution is 2.34. The lowest BCUT2D eigenvalue weighted by Gasteiger charge is -2.16. The van der Waals surface area contributed by atoms with E-state index in [2.05, 4.69) is 40.3 Å². The number of hydrogen-bond donors (Lipinski definition) is 1. The first kappa shape index (κ1) is 19.3. The van der Waals surface area contributed by atoms with Crippen molar-refractivity contribution in [2.24, 2.45) is 0 Å². The Bertz CT molecular complexity index is 543. The molecular weight excluding hydrogens is 366 g/mol. The van der Waals surface area contributed by atoms with Crippen LogP contribution in [0.25, 0.3) is 0 Å². The molecule has 1 aliphatic rings. The zero-order chi connectivity index (χ0) is 17.2. The molecule has 24 heavy (non-hydrogen) atoms. The van der Waals surface area contributed by atoms with Gasteiger partial charge in [-0.15, -0.1) is 0 Å². The van der Waals surface area contributed by atoms with Gasteiger partial charge in [0.1, 0.15) is 0 Å². The van der Waals surface area contributed by atoms with E-state index >= 15 is 0 Å². The van der Waals surface area contributed by atoms with Gasteiger partial charge in [0.2, 0.25) is 0 Å². The van der Waals surface area contributed by atoms with Crippen LogP contribution in [0.2, 0.25) is 0 Å². The Labute approximate surface area is 154 Å². The predicted octanol–water partition coefficient (Wildman–Crippen LogP) is 5.62. The highest BCUT2D eigenvalue weighted by atomic mass is 79.9. The quantitative estimate of drug-likeness (QED) is 0.412. The smallest absolute Gasteiger partial charge is 0.162 e. The average molecular weight is 396 g/mol. The number of benzene rings is 1. The molecular formula is C20H30BrNO2. The summed E-state index contributed by atoms with van der Waals surface area (Å²) in [6.45, 7) is 7.32. The Morgan fingerprint density at radius 2 is 1.96 bits per heavy atom. The molecule has 0 aliphatic heterocycles. The van der Waals surface area contributed by atoms with Crippen molar-refractivity contribution < 1.29 is 9.47 Å². The first-order valence-electron chi connectivity index (χ1n) is 9.21. The van der Waals surface area contributed by atoms with Crippen LogP contribution in [0.1, 0.15) is 57.9 Å². The van der Waals surface area contributed by atoms with Crippen LogP contribution in [0, 0.1) is 0 Å². The minimum atomic E-state index is 0.644. The van der Waals surface area contributed by atoms with E-state index in [-0.39, 0.29) is 0 Å². The van der Waals surface area contributed by atoms with Crippen molar-refractivity contribution in [3.8, 4) is 11.5 Å². The molecule has 0 aromatic heterocycles. The highest BCUT2D eigenvalue weighted by molar-refractivity contribution is 9.10. The van der Waals surface area contributed by atoms with Gasteiger partial charge in [-0.2, -0.15) is 0 Å². The lowest BCUT2D eigenvalue weighted by molar-refractivity contribution is 0.276. The van der Waals surface area contributed by atoms with Crippen LogP contribution in [-0.4, -0.2) is 19.8 Å². The lowest BCUT2D eigenvalue weighted by atomic mass is 9.97. The summed E-state index contributed by atoms with van der Waals surface area (Å²) in [6, 6.07) is 4.12. The fraction of sp³-hybridized carbons (Fsp3) is 0.600. The maximum atomic E-state index is 5.80. The molecule has 1 N–H and O–H groups in total. The third kappa shape index (κ3) is 6.14. The van der Waals surface area contributed by atoms with Gasteiger partial charge in [0.05, 0.1) is 13.2 Å². The monoisotopic (exact) mass is 395 g/mol. The van der Waals surface area contributed by atoms with Crippen LogP contribution in [0.3, 0.4) is 0 Å². The van der Waals surface area contributed by atoms with Crippen molar-refractivity contribution in [1.82, 2.24) is 5.32 Å². The fourth-order valence-electron chi connectivity index (χ4n) is 2.91. The number of hydrogen-bond acceptors (Lipinski definition) is 3. The van der Waals surface area contributed by atoms with Crippen LogP contribution >= 0.6 is 15.9 Å². The van der Waals surface area contributed by atoms with Gasteiger partial charge in [-0.05, 0) is 69.7 Å². The Morgan fingerprint density at radius 3 is 2.67 bits per heavy atom. The number of halogens is 1. The third-order valence-electron chi connectivity index (χ3n) is 4.20. The largest absolute Gasteiger partial charge is 0.490 e. The summed E-state index contributed by atoms with van der Waals surface area (Å²) in [6.07, 6.45) is 9.83. The van der Waals surface area contributed by atoms with Gasteiger partial charge in [0.25, 0.3) is 0 Å². The Balaban J connectivity index is 1.91. The van der Waals surface area contributed by atoms with E-state index in [1.165, 1.54) is 31.2 Å². The molecule has 0 bridgehead atoms. The van der Waals surface area contributed by atoms with Crippen LogP contribution in [0.4, 0.5) is 0 Å². The summed E-state index contributed by atoms with van der Waals surface area (Å²) >= 11 is 3.67. The Morgan fingerprint density at radius 1 is 1.12 bits per heavy atom. The standard InChI is InChI=1S/C20H30BrNO2/c1-3-12-24-20-14-18(21)17(13-19(20)23-4-2)15-22-11-10-16-8-6-5-7-9-16/h8,13-14,22H,3-7,9-12,15H2,1-2H3. The molecule has 1 aromatic carbocycles. The number of allylic oxidation sites excluding steroid dienone is 1. The molecule has 0 saturated carbocycles. The van der Waals surface area contributed by atoms with Crippen molar-refractivity contribution >= 4 is 15.9 Å². The molecule has 0 spiro atoms. The molecule has 0 fully saturated rings. The first-order chi connectivity index (χ1) is 11.7. The van der Waals surface area contributed by atoms with E-state index in [1.54, 1.807) is 5.57 Å². The number of ether oxygens (including phenoxy) is 2. The fourth-order valence-corrected chi connectivity index (χ4v) is 3.37. The summed E-state index contributed by atoms with van der Waals surface area (Å²) in [5.41, 5.74) is 2.83. The highest BCUT2D eigenvalue weighted by Gasteiger charge is 2.11. The van der Waals surface area contributed by atoms with Crippen molar-refractivity contribution in [1.29, 1.82) is 0 Å². The minimum Gasteiger partial charge on any atom is -0.490 e. The van der Waals surface area contributed by atoms with Crippen molar-refractivity contribution in [2.75, 3.05) is 19.8 Å². The second kappa shape index (κ2) is 10.8. The second-order valence-electron chi connectivity index (χ2n) is 6.21. The molecule has 0 heterocycles. The van der Waals surface area contributed by atoms with Crippen molar-refractivity contribution in [3.05, 3.63) is 33.8 Å². The van der Waals surface area contributed by atoms with Crippen molar-refractivity contribution in [3.63, 3.8) is 0 Å². The van der Waals surface area contributed by atoms with Gasteiger partial charge >= 0.3 is 0 Å². The summed E-state index contributed by atoms with van der Waals surface area (Å²) < 4.78 is 12.6. The summed E-state index contributed by atoms with van der Waals surface area (Å²) in [5.74, 6) is 1.66. The molecule has 3 nitrogen and oxygen atoms in total. The van der Waals surface area contributed by atoms with Gasteiger partial charge < -0.3 is 14.8 Å². The van der Waals surface area contributed by atoms with Gasteiger partial charge in [-0.25, -0.2) is 0 Å². The van der Waals surface area contributed by atoms with Gasteiger partial charge in [0.15, 0.2) is 11.5 Å². The first-order valence-corrected chi connectivity index (χ1v) is 10.0. The van der Waals surface area contributed by atoms with E-state index in [1.807, 2.05) is 13.0 Å². The molecule has 0 atom stereocenters. The molecule has 0 amide bonds. The zero-order valence-electron chi connectivity index (χ0n) is 15.0. The number of nitrogens with one attached hydrogen (secondary N) is 1. The topological polar surface area (TPSA) is 30.5 Å². The van der Waals surface area contributed by atoms with E-state index in [4.69, 9.17) is 9.47 Å². The van der Waals surface area contributed by atoms with E-state index in [0.717, 1.165) is 41.9 Å². The second-order valence-corrected chi connectivity index (χ2v) is 7.06. The summed E-state index contributed by atoms with van der Waals surface area (Å²) in [5, 5.41) is 3.55. The van der Waals surface area contributed by atoms with Crippen LogP contribution in [0.5, 0.6) is 11.5 Å². The maximum Gasteiger partial charge on any atom is 0.162 e. The van der Waals surface area contributed by atoms with Crippen LogP contribution in [-0.2, 0) is 6.54 Å². The molecule has 0 saturated heterocycles. The minimum absolute atomic E-state index is 0.644. The number of rotatable bonds is 10. The molecule has 0 radical (unpaired) electrons. The van der Waals surface area contributed by atoms with E-state index < -0.39 is 0 Å². The summed E-state index contributed by atoms with van der Waals surface area (Å²) in [7, 11) is 0. The Hall–Kier alpha value is -1.00. The zero-order valence-corrected chi connectivity index (χ0v) is 16.6. The normalized spacial score (nSPS) is 14.4. The molecule has 134 valence electrons. The van der Waals surface area contributed by atoms with E-state index in [0.29, 0.717) is 13.2 Å². The van der Waals surface area contributed by atoms with Gasteiger partial charge in [0, 0.05) is 11.0 Å². The molecule has 4 heteroatoms. The average Bonchev–Trinajstić information content (AvgIpc) is 2.60. The Kier molecular flexibility index (Phi) is 8.68. The van der Waals surface area contributed by atoms with Crippen LogP contribution < -0.4 is 14.8 Å². The predicted molar refractivity (Wildman–Crippen MR) is 104 cm³/mol. The molecule has 0 unspecified atom stereocenters.